The number of imidazole rings is 1. The second-order valence-corrected chi connectivity index (χ2v) is 6.70. The van der Waals surface area contributed by atoms with E-state index in [9.17, 15) is 4.79 Å². The molecular weight excluding hydrogens is 358 g/mol. The molecule has 3 aromatic rings. The molecule has 0 aromatic carbocycles. The number of aryl methyl sites for hydroxylation is 1. The van der Waals surface area contributed by atoms with Crippen LogP contribution in [0.2, 0.25) is 0 Å². The lowest BCUT2D eigenvalue weighted by atomic mass is 10.1. The van der Waals surface area contributed by atoms with Crippen LogP contribution in [-0.2, 0) is 4.74 Å². The van der Waals surface area contributed by atoms with Crippen molar-refractivity contribution in [3.63, 3.8) is 0 Å². The van der Waals surface area contributed by atoms with E-state index in [4.69, 9.17) is 9.15 Å². The van der Waals surface area contributed by atoms with Gasteiger partial charge in [0.05, 0.1) is 24.8 Å². The fraction of sp³-hybridized carbons (Fsp3) is 0.350. The first-order chi connectivity index (χ1) is 13.7. The van der Waals surface area contributed by atoms with Gasteiger partial charge in [-0.15, -0.1) is 0 Å². The van der Waals surface area contributed by atoms with E-state index in [0.29, 0.717) is 31.1 Å². The molecule has 0 spiro atoms. The van der Waals surface area contributed by atoms with Gasteiger partial charge in [-0.25, -0.2) is 9.97 Å². The Bertz CT molecular complexity index is 898. The van der Waals surface area contributed by atoms with Gasteiger partial charge in [0.2, 0.25) is 0 Å². The van der Waals surface area contributed by atoms with Crippen molar-refractivity contribution >= 4 is 5.91 Å². The fourth-order valence-electron chi connectivity index (χ4n) is 3.29. The summed E-state index contributed by atoms with van der Waals surface area (Å²) in [4.78, 5) is 23.2. The zero-order valence-corrected chi connectivity index (χ0v) is 15.7. The van der Waals surface area contributed by atoms with Crippen molar-refractivity contribution in [3.05, 3.63) is 66.3 Å². The van der Waals surface area contributed by atoms with Gasteiger partial charge in [0.25, 0.3) is 5.91 Å². The van der Waals surface area contributed by atoms with Crippen LogP contribution in [0.3, 0.4) is 0 Å². The van der Waals surface area contributed by atoms with Crippen LogP contribution < -0.4 is 5.32 Å². The minimum Gasteiger partial charge on any atom is -0.465 e. The molecule has 1 fully saturated rings. The van der Waals surface area contributed by atoms with E-state index in [2.05, 4.69) is 20.2 Å². The molecular formula is C20H23N5O3. The number of rotatable bonds is 6. The number of carbonyl (C=O) groups is 1. The molecule has 8 nitrogen and oxygen atoms in total. The SMILES string of the molecule is Cc1ccc(C(CNC(=O)c2ccc(-n3ccnc3)nc2)N2CCOCC2)o1. The van der Waals surface area contributed by atoms with E-state index in [1.807, 2.05) is 19.1 Å². The second kappa shape index (κ2) is 8.37. The molecule has 1 aliphatic heterocycles. The molecule has 28 heavy (non-hydrogen) atoms. The average Bonchev–Trinajstić information content (AvgIpc) is 3.41. The van der Waals surface area contributed by atoms with Crippen LogP contribution in [0.15, 0.2) is 53.6 Å². The van der Waals surface area contributed by atoms with Crippen molar-refractivity contribution in [2.45, 2.75) is 13.0 Å². The monoisotopic (exact) mass is 381 g/mol. The number of carbonyl (C=O) groups excluding carboxylic acids is 1. The normalized spacial score (nSPS) is 16.0. The highest BCUT2D eigenvalue weighted by molar-refractivity contribution is 5.93. The molecule has 4 rings (SSSR count). The second-order valence-electron chi connectivity index (χ2n) is 6.70. The van der Waals surface area contributed by atoms with Gasteiger partial charge in [0.15, 0.2) is 0 Å². The zero-order valence-electron chi connectivity index (χ0n) is 15.7. The molecule has 0 saturated carbocycles. The molecule has 1 N–H and O–H groups in total. The summed E-state index contributed by atoms with van der Waals surface area (Å²) in [6.07, 6.45) is 6.73. The highest BCUT2D eigenvalue weighted by Crippen LogP contribution is 2.23. The number of furan rings is 1. The van der Waals surface area contributed by atoms with Crippen molar-refractivity contribution < 1.29 is 13.9 Å². The molecule has 0 bridgehead atoms. The first-order valence-corrected chi connectivity index (χ1v) is 9.31. The van der Waals surface area contributed by atoms with Crippen molar-refractivity contribution in [1.29, 1.82) is 0 Å². The molecule has 146 valence electrons. The highest BCUT2D eigenvalue weighted by Gasteiger charge is 2.25. The Morgan fingerprint density at radius 1 is 1.25 bits per heavy atom. The predicted molar refractivity (Wildman–Crippen MR) is 102 cm³/mol. The molecule has 1 aliphatic rings. The Morgan fingerprint density at radius 3 is 2.75 bits per heavy atom. The summed E-state index contributed by atoms with van der Waals surface area (Å²) in [6.45, 7) is 5.36. The van der Waals surface area contributed by atoms with E-state index < -0.39 is 0 Å². The van der Waals surface area contributed by atoms with E-state index in [1.165, 1.54) is 0 Å². The number of morpholine rings is 1. The number of aromatic nitrogens is 3. The first-order valence-electron chi connectivity index (χ1n) is 9.31. The fourth-order valence-corrected chi connectivity index (χ4v) is 3.29. The maximum absolute atomic E-state index is 12.6. The minimum absolute atomic E-state index is 0.0280. The third kappa shape index (κ3) is 4.13. The Labute approximate surface area is 163 Å². The highest BCUT2D eigenvalue weighted by atomic mass is 16.5. The van der Waals surface area contributed by atoms with Crippen molar-refractivity contribution in [1.82, 2.24) is 24.8 Å². The summed E-state index contributed by atoms with van der Waals surface area (Å²) in [5.74, 6) is 2.27. The molecule has 0 aliphatic carbocycles. The number of pyridine rings is 1. The number of hydrogen-bond acceptors (Lipinski definition) is 6. The molecule has 1 unspecified atom stereocenters. The Hall–Kier alpha value is -2.97. The van der Waals surface area contributed by atoms with Crippen LogP contribution in [-0.4, -0.2) is 58.2 Å². The van der Waals surface area contributed by atoms with Crippen LogP contribution in [0.4, 0.5) is 0 Å². The van der Waals surface area contributed by atoms with Crippen LogP contribution >= 0.6 is 0 Å². The largest absolute Gasteiger partial charge is 0.465 e. The molecule has 1 atom stereocenters. The molecule has 1 amide bonds. The van der Waals surface area contributed by atoms with Crippen molar-refractivity contribution in [3.8, 4) is 5.82 Å². The Morgan fingerprint density at radius 2 is 2.11 bits per heavy atom. The lowest BCUT2D eigenvalue weighted by molar-refractivity contribution is 0.0117. The summed E-state index contributed by atoms with van der Waals surface area (Å²) in [7, 11) is 0. The van der Waals surface area contributed by atoms with Gasteiger partial charge < -0.3 is 14.5 Å². The summed E-state index contributed by atoms with van der Waals surface area (Å²) in [5, 5.41) is 3.02. The third-order valence-electron chi connectivity index (χ3n) is 4.81. The van der Waals surface area contributed by atoms with E-state index in [-0.39, 0.29) is 11.9 Å². The van der Waals surface area contributed by atoms with Crippen LogP contribution in [0, 0.1) is 6.92 Å². The van der Waals surface area contributed by atoms with E-state index in [1.54, 1.807) is 41.6 Å². The average molecular weight is 381 g/mol. The molecule has 0 radical (unpaired) electrons. The minimum atomic E-state index is -0.161. The van der Waals surface area contributed by atoms with Gasteiger partial charge in [0, 0.05) is 38.2 Å². The zero-order chi connectivity index (χ0) is 19.3. The molecule has 3 aromatic heterocycles. The maximum atomic E-state index is 12.6. The standard InChI is InChI=1S/C20H23N5O3/c1-15-2-4-18(28-15)17(24-8-10-27-11-9-24)13-23-20(26)16-3-5-19(22-12-16)25-7-6-21-14-25/h2-7,12,14,17H,8-11,13H2,1H3,(H,23,26). The first kappa shape index (κ1) is 18.4. The number of nitrogens with zero attached hydrogens (tertiary/aromatic N) is 4. The summed E-state index contributed by atoms with van der Waals surface area (Å²) >= 11 is 0. The number of nitrogens with one attached hydrogen (secondary N) is 1. The van der Waals surface area contributed by atoms with Crippen LogP contribution in [0.25, 0.3) is 5.82 Å². The number of hydrogen-bond donors (Lipinski definition) is 1. The van der Waals surface area contributed by atoms with Crippen LogP contribution in [0.1, 0.15) is 27.9 Å². The van der Waals surface area contributed by atoms with Crippen molar-refractivity contribution in [2.75, 3.05) is 32.8 Å². The molecule has 4 heterocycles. The maximum Gasteiger partial charge on any atom is 0.252 e. The summed E-state index contributed by atoms with van der Waals surface area (Å²) < 4.78 is 13.1. The molecule has 1 saturated heterocycles. The smallest absolute Gasteiger partial charge is 0.252 e. The summed E-state index contributed by atoms with van der Waals surface area (Å²) in [6, 6.07) is 7.45. The van der Waals surface area contributed by atoms with E-state index >= 15 is 0 Å². The van der Waals surface area contributed by atoms with Gasteiger partial charge in [-0.05, 0) is 31.2 Å². The quantitative estimate of drug-likeness (QED) is 0.703. The number of amides is 1. The van der Waals surface area contributed by atoms with Crippen LogP contribution in [0.5, 0.6) is 0 Å². The Kier molecular flexibility index (Phi) is 5.50. The van der Waals surface area contributed by atoms with E-state index in [0.717, 1.165) is 24.6 Å². The topological polar surface area (TPSA) is 85.4 Å². The predicted octanol–water partition coefficient (Wildman–Crippen LogP) is 1.97. The van der Waals surface area contributed by atoms with Gasteiger partial charge in [-0.2, -0.15) is 0 Å². The molecule has 8 heteroatoms. The van der Waals surface area contributed by atoms with Gasteiger partial charge in [-0.3, -0.25) is 14.3 Å². The van der Waals surface area contributed by atoms with Gasteiger partial charge >= 0.3 is 0 Å². The lowest BCUT2D eigenvalue weighted by Gasteiger charge is -2.33. The third-order valence-corrected chi connectivity index (χ3v) is 4.81. The lowest BCUT2D eigenvalue weighted by Crippen LogP contribution is -2.43. The van der Waals surface area contributed by atoms with Gasteiger partial charge in [-0.1, -0.05) is 0 Å². The van der Waals surface area contributed by atoms with Crippen molar-refractivity contribution in [2.24, 2.45) is 0 Å². The summed E-state index contributed by atoms with van der Waals surface area (Å²) in [5.41, 5.74) is 0.514. The number of ether oxygens (including phenoxy) is 1. The Balaban J connectivity index is 1.43. The van der Waals surface area contributed by atoms with Gasteiger partial charge in [0.1, 0.15) is 23.7 Å².